The Hall–Kier alpha value is -2.47. The van der Waals surface area contributed by atoms with E-state index in [1.54, 1.807) is 18.2 Å². The molecule has 5 nitrogen and oxygen atoms in total. The van der Waals surface area contributed by atoms with Gasteiger partial charge in [-0.15, -0.1) is 11.3 Å². The van der Waals surface area contributed by atoms with E-state index in [9.17, 15) is 14.4 Å². The minimum Gasteiger partial charge on any atom is -0.323 e. The summed E-state index contributed by atoms with van der Waals surface area (Å²) in [6.45, 7) is 6.12. The van der Waals surface area contributed by atoms with Crippen molar-refractivity contribution in [2.45, 2.75) is 26.2 Å². The molecule has 0 saturated heterocycles. The third-order valence-electron chi connectivity index (χ3n) is 3.48. The van der Waals surface area contributed by atoms with E-state index in [1.165, 1.54) is 23.5 Å². The van der Waals surface area contributed by atoms with Crippen LogP contribution in [0.4, 0.5) is 0 Å². The zero-order valence-corrected chi connectivity index (χ0v) is 13.8. The highest BCUT2D eigenvalue weighted by molar-refractivity contribution is 7.14. The molecule has 0 bridgehead atoms. The number of imide groups is 1. The van der Waals surface area contributed by atoms with Gasteiger partial charge < -0.3 is 4.84 Å². The van der Waals surface area contributed by atoms with Gasteiger partial charge in [0.15, 0.2) is 0 Å². The number of hydrogen-bond donors (Lipinski definition) is 0. The molecule has 0 fully saturated rings. The SMILES string of the molecule is CC(C)(C)c1ccc(C(=O)ON2C(=O)c3ccccc3C2=O)s1. The number of carbonyl (C=O) groups is 3. The first-order valence-corrected chi connectivity index (χ1v) is 7.91. The maximum atomic E-state index is 12.2. The number of fused-ring (bicyclic) bond motifs is 1. The van der Waals surface area contributed by atoms with Crippen LogP contribution in [0.3, 0.4) is 0 Å². The third-order valence-corrected chi connectivity index (χ3v) is 4.97. The van der Waals surface area contributed by atoms with E-state index < -0.39 is 17.8 Å². The molecule has 0 unspecified atom stereocenters. The highest BCUT2D eigenvalue weighted by Gasteiger charge is 2.39. The summed E-state index contributed by atoms with van der Waals surface area (Å²) in [5, 5.41) is 0.531. The van der Waals surface area contributed by atoms with Gasteiger partial charge in [0.2, 0.25) is 0 Å². The Labute approximate surface area is 137 Å². The Morgan fingerprint density at radius 3 is 2.04 bits per heavy atom. The Morgan fingerprint density at radius 2 is 1.57 bits per heavy atom. The number of nitrogens with zero attached hydrogens (tertiary/aromatic N) is 1. The fourth-order valence-corrected chi connectivity index (χ4v) is 3.16. The Kier molecular flexibility index (Phi) is 3.56. The predicted molar refractivity (Wildman–Crippen MR) is 85.4 cm³/mol. The van der Waals surface area contributed by atoms with Crippen molar-refractivity contribution in [3.05, 3.63) is 57.3 Å². The molecule has 0 atom stereocenters. The van der Waals surface area contributed by atoms with Gasteiger partial charge in [0.1, 0.15) is 4.88 Å². The van der Waals surface area contributed by atoms with Crippen LogP contribution in [0.2, 0.25) is 0 Å². The van der Waals surface area contributed by atoms with E-state index in [4.69, 9.17) is 4.84 Å². The molecule has 0 saturated carbocycles. The molecule has 1 aliphatic rings. The van der Waals surface area contributed by atoms with Crippen molar-refractivity contribution in [1.29, 1.82) is 0 Å². The van der Waals surface area contributed by atoms with Gasteiger partial charge >= 0.3 is 5.97 Å². The number of rotatable bonds is 2. The van der Waals surface area contributed by atoms with Gasteiger partial charge in [-0.1, -0.05) is 38.0 Å². The molecule has 2 aromatic rings. The summed E-state index contributed by atoms with van der Waals surface area (Å²) in [4.78, 5) is 43.0. The van der Waals surface area contributed by atoms with E-state index in [1.807, 2.05) is 26.8 Å². The van der Waals surface area contributed by atoms with Crippen molar-refractivity contribution in [2.24, 2.45) is 0 Å². The van der Waals surface area contributed by atoms with E-state index in [0.717, 1.165) is 4.88 Å². The smallest absolute Gasteiger partial charge is 0.323 e. The molecule has 1 aliphatic heterocycles. The number of amides is 2. The van der Waals surface area contributed by atoms with Crippen LogP contribution in [0.1, 0.15) is 56.0 Å². The maximum Gasteiger partial charge on any atom is 0.373 e. The average Bonchev–Trinajstić information content (AvgIpc) is 3.08. The molecule has 6 heteroatoms. The van der Waals surface area contributed by atoms with Crippen molar-refractivity contribution in [1.82, 2.24) is 5.06 Å². The van der Waals surface area contributed by atoms with Crippen molar-refractivity contribution in [2.75, 3.05) is 0 Å². The summed E-state index contributed by atoms with van der Waals surface area (Å²) in [7, 11) is 0. The Balaban J connectivity index is 1.81. The van der Waals surface area contributed by atoms with Gasteiger partial charge in [-0.3, -0.25) is 9.59 Å². The Bertz CT molecular complexity index is 781. The molecule has 0 aliphatic carbocycles. The molecule has 23 heavy (non-hydrogen) atoms. The van der Waals surface area contributed by atoms with Gasteiger partial charge in [0.25, 0.3) is 11.8 Å². The van der Waals surface area contributed by atoms with Crippen molar-refractivity contribution >= 4 is 29.1 Å². The van der Waals surface area contributed by atoms with Crippen LogP contribution in [0, 0.1) is 0 Å². The Morgan fingerprint density at radius 1 is 1.00 bits per heavy atom. The molecule has 118 valence electrons. The maximum absolute atomic E-state index is 12.2. The summed E-state index contributed by atoms with van der Waals surface area (Å²) in [6, 6.07) is 9.88. The molecule has 1 aromatic heterocycles. The number of benzene rings is 1. The van der Waals surface area contributed by atoms with Crippen LogP contribution in [0.25, 0.3) is 0 Å². The quantitative estimate of drug-likeness (QED) is 0.792. The van der Waals surface area contributed by atoms with Crippen LogP contribution in [-0.4, -0.2) is 22.8 Å². The largest absolute Gasteiger partial charge is 0.373 e. The number of thiophene rings is 1. The first kappa shape index (κ1) is 15.4. The summed E-state index contributed by atoms with van der Waals surface area (Å²) < 4.78 is 0. The summed E-state index contributed by atoms with van der Waals surface area (Å²) in [6.07, 6.45) is 0. The zero-order valence-electron chi connectivity index (χ0n) is 13.0. The first-order valence-electron chi connectivity index (χ1n) is 7.09. The van der Waals surface area contributed by atoms with Crippen molar-refractivity contribution in [3.8, 4) is 0 Å². The van der Waals surface area contributed by atoms with Crippen LogP contribution < -0.4 is 0 Å². The molecule has 0 radical (unpaired) electrons. The molecular weight excluding hydrogens is 314 g/mol. The normalized spacial score (nSPS) is 14.1. The van der Waals surface area contributed by atoms with Crippen LogP contribution >= 0.6 is 11.3 Å². The van der Waals surface area contributed by atoms with Crippen LogP contribution in [0.5, 0.6) is 0 Å². The minimum atomic E-state index is -0.708. The van der Waals surface area contributed by atoms with E-state index in [-0.39, 0.29) is 16.5 Å². The molecule has 0 N–H and O–H groups in total. The number of carbonyl (C=O) groups excluding carboxylic acids is 3. The average molecular weight is 329 g/mol. The second-order valence-electron chi connectivity index (χ2n) is 6.24. The van der Waals surface area contributed by atoms with Gasteiger partial charge in [0.05, 0.1) is 11.1 Å². The summed E-state index contributed by atoms with van der Waals surface area (Å²) in [5.41, 5.74) is 0.400. The lowest BCUT2D eigenvalue weighted by molar-refractivity contribution is -0.0581. The third kappa shape index (κ3) is 2.66. The second-order valence-corrected chi connectivity index (χ2v) is 7.33. The van der Waals surface area contributed by atoms with Crippen LogP contribution in [-0.2, 0) is 10.3 Å². The van der Waals surface area contributed by atoms with E-state index in [0.29, 0.717) is 9.94 Å². The molecule has 2 heterocycles. The monoisotopic (exact) mass is 329 g/mol. The molecule has 2 amide bonds. The lowest BCUT2D eigenvalue weighted by Gasteiger charge is -2.15. The molecule has 3 rings (SSSR count). The van der Waals surface area contributed by atoms with Crippen LogP contribution in [0.15, 0.2) is 36.4 Å². The van der Waals surface area contributed by atoms with Crippen molar-refractivity contribution < 1.29 is 19.2 Å². The van der Waals surface area contributed by atoms with Gasteiger partial charge in [0, 0.05) is 4.88 Å². The molecular formula is C17H15NO4S. The summed E-state index contributed by atoms with van der Waals surface area (Å²) in [5.74, 6) is -1.95. The lowest BCUT2D eigenvalue weighted by Crippen LogP contribution is -2.32. The molecule has 1 aromatic carbocycles. The van der Waals surface area contributed by atoms with E-state index in [2.05, 4.69) is 0 Å². The lowest BCUT2D eigenvalue weighted by atomic mass is 9.95. The van der Waals surface area contributed by atoms with Gasteiger partial charge in [-0.2, -0.15) is 0 Å². The predicted octanol–water partition coefficient (Wildman–Crippen LogP) is 3.41. The first-order chi connectivity index (χ1) is 10.8. The van der Waals surface area contributed by atoms with Gasteiger partial charge in [-0.05, 0) is 29.7 Å². The number of hydrogen-bond acceptors (Lipinski definition) is 5. The van der Waals surface area contributed by atoms with Gasteiger partial charge in [-0.25, -0.2) is 4.79 Å². The zero-order chi connectivity index (χ0) is 16.8. The fraction of sp³-hybridized carbons (Fsp3) is 0.235. The number of hydroxylamine groups is 2. The molecule has 0 spiro atoms. The summed E-state index contributed by atoms with van der Waals surface area (Å²) >= 11 is 1.29. The second kappa shape index (κ2) is 5.31. The minimum absolute atomic E-state index is 0.0846. The van der Waals surface area contributed by atoms with E-state index >= 15 is 0 Å². The highest BCUT2D eigenvalue weighted by atomic mass is 32.1. The highest BCUT2D eigenvalue weighted by Crippen LogP contribution is 2.30. The topological polar surface area (TPSA) is 63.7 Å². The fourth-order valence-electron chi connectivity index (χ4n) is 2.23. The van der Waals surface area contributed by atoms with Crippen molar-refractivity contribution in [3.63, 3.8) is 0 Å². The standard InChI is InChI=1S/C17H15NO4S/c1-17(2,3)13-9-8-12(23-13)16(21)22-18-14(19)10-6-4-5-7-11(10)15(18)20/h4-9H,1-3H3.